The first-order valence-electron chi connectivity index (χ1n) is 10.0. The molecule has 1 saturated carbocycles. The Bertz CT molecular complexity index is 311. The number of hydrogen-bond acceptors (Lipinski definition) is 3. The normalized spacial score (nSPS) is 21.0. The zero-order chi connectivity index (χ0) is 18.8. The van der Waals surface area contributed by atoms with Gasteiger partial charge in [-0.25, -0.2) is 0 Å². The van der Waals surface area contributed by atoms with Gasteiger partial charge in [0, 0.05) is 12.2 Å². The molecule has 0 saturated heterocycles. The maximum atomic E-state index is 6.09. The summed E-state index contributed by atoms with van der Waals surface area (Å²) in [4.78, 5) is 0. The van der Waals surface area contributed by atoms with Gasteiger partial charge < -0.3 is 15.4 Å². The fraction of sp³-hybridized carbons (Fsp3) is 0.810. The Labute approximate surface area is 152 Å². The quantitative estimate of drug-likeness (QED) is 0.452. The van der Waals surface area contributed by atoms with Gasteiger partial charge in [-0.2, -0.15) is 0 Å². The van der Waals surface area contributed by atoms with Crippen LogP contribution in [0.4, 0.5) is 0 Å². The number of allylic oxidation sites excluding steroid dienone is 2. The van der Waals surface area contributed by atoms with Crippen LogP contribution in [0, 0.1) is 11.8 Å². The minimum atomic E-state index is 0.427. The third kappa shape index (κ3) is 11.7. The van der Waals surface area contributed by atoms with Crippen molar-refractivity contribution in [2.24, 2.45) is 11.8 Å². The molecule has 0 spiro atoms. The van der Waals surface area contributed by atoms with Gasteiger partial charge >= 0.3 is 0 Å². The van der Waals surface area contributed by atoms with Crippen LogP contribution < -0.4 is 10.6 Å². The van der Waals surface area contributed by atoms with Crippen molar-refractivity contribution in [2.45, 2.75) is 80.3 Å². The van der Waals surface area contributed by atoms with E-state index >= 15 is 0 Å². The summed E-state index contributed by atoms with van der Waals surface area (Å²) in [6.45, 7) is 16.2. The maximum Gasteiger partial charge on any atom is 0.116 e. The third-order valence-corrected chi connectivity index (χ3v) is 4.11. The van der Waals surface area contributed by atoms with E-state index < -0.39 is 0 Å². The Morgan fingerprint density at radius 2 is 1.75 bits per heavy atom. The van der Waals surface area contributed by atoms with Crippen LogP contribution in [0.5, 0.6) is 0 Å². The number of nitrogens with one attached hydrogen (secondary N) is 2. The van der Waals surface area contributed by atoms with Gasteiger partial charge in [-0.05, 0) is 44.7 Å². The van der Waals surface area contributed by atoms with E-state index in [0.717, 1.165) is 24.1 Å². The minimum absolute atomic E-state index is 0.427. The number of likely N-dealkylation sites (N-methyl/N-ethyl adjacent to an activating group) is 1. The molecule has 2 atom stereocenters. The molecule has 0 aromatic heterocycles. The van der Waals surface area contributed by atoms with Crippen LogP contribution in [0.15, 0.2) is 23.9 Å². The number of ether oxygens (including phenoxy) is 1. The third-order valence-electron chi connectivity index (χ3n) is 4.11. The summed E-state index contributed by atoms with van der Waals surface area (Å²) < 4.78 is 6.09. The SMILES string of the molecule is C/C=C(/C=C\CNC)NCO[C@H]1CCCCC1C(C)C.CC.CC. The monoisotopic (exact) mass is 340 g/mol. The summed E-state index contributed by atoms with van der Waals surface area (Å²) in [5.74, 6) is 1.44. The van der Waals surface area contributed by atoms with Crippen LogP contribution in [0.25, 0.3) is 0 Å². The van der Waals surface area contributed by atoms with Gasteiger partial charge in [0.15, 0.2) is 0 Å². The van der Waals surface area contributed by atoms with Crippen LogP contribution in [-0.2, 0) is 4.74 Å². The molecule has 0 aromatic carbocycles. The summed E-state index contributed by atoms with van der Waals surface area (Å²) in [6.07, 6.45) is 11.9. The lowest BCUT2D eigenvalue weighted by Gasteiger charge is -2.34. The second-order valence-electron chi connectivity index (χ2n) is 5.92. The Morgan fingerprint density at radius 1 is 1.12 bits per heavy atom. The molecule has 0 radical (unpaired) electrons. The fourth-order valence-corrected chi connectivity index (χ4v) is 2.89. The van der Waals surface area contributed by atoms with Crippen LogP contribution in [0.3, 0.4) is 0 Å². The smallest absolute Gasteiger partial charge is 0.116 e. The molecule has 1 unspecified atom stereocenters. The van der Waals surface area contributed by atoms with Gasteiger partial charge in [0.2, 0.25) is 0 Å². The lowest BCUT2D eigenvalue weighted by molar-refractivity contribution is -0.0305. The van der Waals surface area contributed by atoms with Crippen molar-refractivity contribution in [2.75, 3.05) is 20.3 Å². The summed E-state index contributed by atoms with van der Waals surface area (Å²) in [6, 6.07) is 0. The number of hydrogen-bond donors (Lipinski definition) is 2. The zero-order valence-corrected chi connectivity index (χ0v) is 17.6. The van der Waals surface area contributed by atoms with Crippen molar-refractivity contribution in [3.63, 3.8) is 0 Å². The minimum Gasteiger partial charge on any atom is -0.363 e. The van der Waals surface area contributed by atoms with Gasteiger partial charge in [-0.15, -0.1) is 0 Å². The molecule has 3 nitrogen and oxygen atoms in total. The van der Waals surface area contributed by atoms with Crippen molar-refractivity contribution < 1.29 is 4.74 Å². The highest BCUT2D eigenvalue weighted by Gasteiger charge is 2.27. The van der Waals surface area contributed by atoms with Crippen molar-refractivity contribution in [1.82, 2.24) is 10.6 Å². The molecule has 24 heavy (non-hydrogen) atoms. The second-order valence-corrected chi connectivity index (χ2v) is 5.92. The van der Waals surface area contributed by atoms with E-state index in [0.29, 0.717) is 12.8 Å². The van der Waals surface area contributed by atoms with E-state index in [1.807, 2.05) is 41.7 Å². The van der Waals surface area contributed by atoms with E-state index in [9.17, 15) is 0 Å². The maximum absolute atomic E-state index is 6.09. The van der Waals surface area contributed by atoms with E-state index in [-0.39, 0.29) is 0 Å². The van der Waals surface area contributed by atoms with Crippen molar-refractivity contribution in [1.29, 1.82) is 0 Å². The first-order valence-corrected chi connectivity index (χ1v) is 10.0. The summed E-state index contributed by atoms with van der Waals surface area (Å²) in [5.41, 5.74) is 1.12. The molecule has 1 aliphatic carbocycles. The highest BCUT2D eigenvalue weighted by Crippen LogP contribution is 2.31. The van der Waals surface area contributed by atoms with E-state index in [1.54, 1.807) is 0 Å². The van der Waals surface area contributed by atoms with Crippen molar-refractivity contribution >= 4 is 0 Å². The van der Waals surface area contributed by atoms with Crippen molar-refractivity contribution in [3.05, 3.63) is 23.9 Å². The van der Waals surface area contributed by atoms with Crippen molar-refractivity contribution in [3.8, 4) is 0 Å². The molecule has 3 heteroatoms. The molecule has 0 aromatic rings. The Balaban J connectivity index is 0. The van der Waals surface area contributed by atoms with Crippen LogP contribution in [-0.4, -0.2) is 26.4 Å². The Hall–Kier alpha value is -0.800. The van der Waals surface area contributed by atoms with Gasteiger partial charge in [-0.3, -0.25) is 0 Å². The first-order chi connectivity index (χ1) is 11.7. The molecule has 0 heterocycles. The molecule has 1 aliphatic rings. The van der Waals surface area contributed by atoms with Gasteiger partial charge in [-0.1, -0.05) is 66.5 Å². The summed E-state index contributed by atoms with van der Waals surface area (Å²) in [5, 5.41) is 6.46. The first kappa shape index (κ1) is 25.4. The average Bonchev–Trinajstić information content (AvgIpc) is 2.64. The lowest BCUT2D eigenvalue weighted by Crippen LogP contribution is -2.34. The van der Waals surface area contributed by atoms with Crippen LogP contribution in [0.2, 0.25) is 0 Å². The zero-order valence-electron chi connectivity index (χ0n) is 17.6. The molecule has 144 valence electrons. The lowest BCUT2D eigenvalue weighted by atomic mass is 9.79. The second kappa shape index (κ2) is 18.5. The standard InChI is InChI=1S/C17H32N2O.2C2H6/c1-5-15(9-8-12-18-4)19-13-20-17-11-7-6-10-16(17)14(2)3;2*1-2/h5,8-9,14,16-19H,6-7,10-13H2,1-4H3;2*1-2H3/b9-8-,15-5-;;/t16?,17-;;/m0../s1. The highest BCUT2D eigenvalue weighted by atomic mass is 16.5. The molecule has 0 bridgehead atoms. The predicted octanol–water partition coefficient (Wildman–Crippen LogP) is 5.50. The fourth-order valence-electron chi connectivity index (χ4n) is 2.89. The molecule has 0 amide bonds. The van der Waals surface area contributed by atoms with Crippen LogP contribution in [0.1, 0.15) is 74.1 Å². The predicted molar refractivity (Wildman–Crippen MR) is 109 cm³/mol. The number of rotatable bonds is 8. The molecule has 1 rings (SSSR count). The molecular weight excluding hydrogens is 296 g/mol. The van der Waals surface area contributed by atoms with E-state index in [2.05, 4.69) is 42.7 Å². The molecule has 2 N–H and O–H groups in total. The molecule has 1 fully saturated rings. The van der Waals surface area contributed by atoms with Gasteiger partial charge in [0.1, 0.15) is 6.73 Å². The molecule has 0 aliphatic heterocycles. The van der Waals surface area contributed by atoms with Gasteiger partial charge in [0.05, 0.1) is 6.10 Å². The Kier molecular flexibility index (Phi) is 19.6. The summed E-state index contributed by atoms with van der Waals surface area (Å²) in [7, 11) is 1.95. The average molecular weight is 341 g/mol. The van der Waals surface area contributed by atoms with Gasteiger partial charge in [0.25, 0.3) is 0 Å². The topological polar surface area (TPSA) is 33.3 Å². The van der Waals surface area contributed by atoms with Crippen LogP contribution >= 0.6 is 0 Å². The molecular formula is C21H44N2O. The Morgan fingerprint density at radius 3 is 2.29 bits per heavy atom. The van der Waals surface area contributed by atoms with E-state index in [1.165, 1.54) is 25.7 Å². The highest BCUT2D eigenvalue weighted by molar-refractivity contribution is 5.15. The summed E-state index contributed by atoms with van der Waals surface area (Å²) >= 11 is 0. The largest absolute Gasteiger partial charge is 0.363 e. The van der Waals surface area contributed by atoms with E-state index in [4.69, 9.17) is 4.74 Å².